The smallest absolute Gasteiger partial charge is 0.405 e. The Bertz CT molecular complexity index is 595. The molecule has 2 heterocycles. The molecule has 5 N–H and O–H groups in total. The number of carbonyl (C=O) groups excluding carboxylic acids is 1. The van der Waals surface area contributed by atoms with Crippen LogP contribution in [0.2, 0.25) is 0 Å². The maximum absolute atomic E-state index is 12.2. The van der Waals surface area contributed by atoms with Crippen molar-refractivity contribution in [3.63, 3.8) is 0 Å². The van der Waals surface area contributed by atoms with Crippen LogP contribution < -0.4 is 16.6 Å². The Morgan fingerprint density at radius 1 is 1.55 bits per heavy atom. The van der Waals surface area contributed by atoms with Crippen molar-refractivity contribution < 1.29 is 19.4 Å². The van der Waals surface area contributed by atoms with Crippen LogP contribution >= 0.6 is 0 Å². The molecule has 1 amide bonds. The van der Waals surface area contributed by atoms with Gasteiger partial charge in [0.1, 0.15) is 6.04 Å². The summed E-state index contributed by atoms with van der Waals surface area (Å²) in [7, 11) is 0. The first-order chi connectivity index (χ1) is 9.52. The standard InChI is InChI=1S/C12H15N3O5/c13-4-9(15-12(18)19)10(16)7-3-6-5-20-2-1-8(6)14-11(7)17/h3,9,15H,1-2,4-5,13H2,(H,14,17)(H,18,19). The van der Waals surface area contributed by atoms with Gasteiger partial charge in [-0.25, -0.2) is 4.79 Å². The molecule has 0 fully saturated rings. The number of fused-ring (bicyclic) bond motifs is 1. The molecule has 8 nitrogen and oxygen atoms in total. The molecule has 8 heteroatoms. The normalized spacial score (nSPS) is 15.2. The van der Waals surface area contributed by atoms with E-state index in [4.69, 9.17) is 15.6 Å². The molecule has 1 unspecified atom stereocenters. The summed E-state index contributed by atoms with van der Waals surface area (Å²) < 4.78 is 5.25. The van der Waals surface area contributed by atoms with E-state index in [0.29, 0.717) is 19.6 Å². The number of nitrogens with one attached hydrogen (secondary N) is 2. The molecule has 0 saturated heterocycles. The van der Waals surface area contributed by atoms with Gasteiger partial charge in [-0.3, -0.25) is 9.59 Å². The van der Waals surface area contributed by atoms with Crippen LogP contribution in [-0.4, -0.2) is 41.2 Å². The Morgan fingerprint density at radius 2 is 2.30 bits per heavy atom. The summed E-state index contributed by atoms with van der Waals surface area (Å²) in [6, 6.07) is 0.304. The molecular weight excluding hydrogens is 266 g/mol. The first-order valence-corrected chi connectivity index (χ1v) is 6.09. The van der Waals surface area contributed by atoms with E-state index in [2.05, 4.69) is 4.98 Å². The zero-order valence-electron chi connectivity index (χ0n) is 10.6. The summed E-state index contributed by atoms with van der Waals surface area (Å²) in [5.74, 6) is -0.649. The molecule has 0 spiro atoms. The maximum Gasteiger partial charge on any atom is 0.405 e. The molecule has 1 aliphatic heterocycles. The van der Waals surface area contributed by atoms with Crippen LogP contribution in [0.4, 0.5) is 4.79 Å². The number of hydrogen-bond donors (Lipinski definition) is 4. The van der Waals surface area contributed by atoms with Gasteiger partial charge < -0.3 is 25.9 Å². The molecule has 1 atom stereocenters. The van der Waals surface area contributed by atoms with Crippen LogP contribution in [0.1, 0.15) is 21.6 Å². The second kappa shape index (κ2) is 5.85. The fourth-order valence-corrected chi connectivity index (χ4v) is 2.07. The van der Waals surface area contributed by atoms with Crippen LogP contribution in [-0.2, 0) is 17.8 Å². The van der Waals surface area contributed by atoms with Gasteiger partial charge in [-0.05, 0) is 11.6 Å². The van der Waals surface area contributed by atoms with Crippen molar-refractivity contribution in [2.45, 2.75) is 19.1 Å². The lowest BCUT2D eigenvalue weighted by Gasteiger charge is -2.18. The van der Waals surface area contributed by atoms with E-state index < -0.39 is 23.5 Å². The van der Waals surface area contributed by atoms with Crippen LogP contribution in [0.25, 0.3) is 0 Å². The lowest BCUT2D eigenvalue weighted by atomic mass is 10.0. The molecule has 20 heavy (non-hydrogen) atoms. The number of pyridine rings is 1. The van der Waals surface area contributed by atoms with Crippen LogP contribution in [0.15, 0.2) is 10.9 Å². The number of amides is 1. The summed E-state index contributed by atoms with van der Waals surface area (Å²) in [6.07, 6.45) is -0.793. The lowest BCUT2D eigenvalue weighted by molar-refractivity contribution is 0.0935. The third-order valence-electron chi connectivity index (χ3n) is 3.08. The van der Waals surface area contributed by atoms with Crippen molar-refractivity contribution in [2.75, 3.05) is 13.2 Å². The van der Waals surface area contributed by atoms with Gasteiger partial charge in [0.05, 0.1) is 18.8 Å². The minimum atomic E-state index is -1.37. The molecule has 0 aromatic carbocycles. The van der Waals surface area contributed by atoms with E-state index in [0.717, 1.165) is 11.3 Å². The van der Waals surface area contributed by atoms with Crippen molar-refractivity contribution in [3.8, 4) is 0 Å². The molecule has 1 aromatic heterocycles. The fraction of sp³-hybridized carbons (Fsp3) is 0.417. The number of aromatic amines is 1. The second-order valence-electron chi connectivity index (χ2n) is 4.42. The molecule has 2 rings (SSSR count). The van der Waals surface area contributed by atoms with Gasteiger partial charge in [0.25, 0.3) is 5.56 Å². The third kappa shape index (κ3) is 2.86. The Morgan fingerprint density at radius 3 is 2.95 bits per heavy atom. The predicted octanol–water partition coefficient (Wildman–Crippen LogP) is -0.775. The van der Waals surface area contributed by atoms with Gasteiger partial charge in [0.15, 0.2) is 5.78 Å². The number of rotatable bonds is 4. The van der Waals surface area contributed by atoms with Gasteiger partial charge in [0, 0.05) is 18.7 Å². The molecule has 1 aromatic rings. The van der Waals surface area contributed by atoms with Crippen molar-refractivity contribution >= 4 is 11.9 Å². The van der Waals surface area contributed by atoms with Crippen molar-refractivity contribution in [1.82, 2.24) is 10.3 Å². The second-order valence-corrected chi connectivity index (χ2v) is 4.42. The Hall–Kier alpha value is -2.19. The number of Topliss-reactive ketones (excluding diaryl/α,β-unsaturated/α-hetero) is 1. The van der Waals surface area contributed by atoms with Crippen molar-refractivity contribution in [1.29, 1.82) is 0 Å². The SMILES string of the molecule is NCC(NC(=O)O)C(=O)c1cc2c([nH]c1=O)CCOC2. The highest BCUT2D eigenvalue weighted by Crippen LogP contribution is 2.14. The average molecular weight is 281 g/mol. The number of carboxylic acid groups (broad SMARTS) is 1. The number of ketones is 1. The Balaban J connectivity index is 2.34. The highest BCUT2D eigenvalue weighted by molar-refractivity contribution is 6.01. The highest BCUT2D eigenvalue weighted by atomic mass is 16.5. The molecule has 0 bridgehead atoms. The van der Waals surface area contributed by atoms with Gasteiger partial charge in [-0.2, -0.15) is 0 Å². The maximum atomic E-state index is 12.2. The zero-order chi connectivity index (χ0) is 14.7. The lowest BCUT2D eigenvalue weighted by Crippen LogP contribution is -2.46. The highest BCUT2D eigenvalue weighted by Gasteiger charge is 2.24. The summed E-state index contributed by atoms with van der Waals surface area (Å²) >= 11 is 0. The molecule has 108 valence electrons. The quantitative estimate of drug-likeness (QED) is 0.535. The Labute approximate surface area is 113 Å². The van der Waals surface area contributed by atoms with E-state index in [9.17, 15) is 14.4 Å². The molecule has 1 aliphatic rings. The van der Waals surface area contributed by atoms with Gasteiger partial charge in [-0.15, -0.1) is 0 Å². The molecule has 0 aliphatic carbocycles. The topological polar surface area (TPSA) is 135 Å². The average Bonchev–Trinajstić information content (AvgIpc) is 2.43. The van der Waals surface area contributed by atoms with E-state index in [1.807, 2.05) is 5.32 Å². The van der Waals surface area contributed by atoms with E-state index in [1.54, 1.807) is 0 Å². The number of hydrogen-bond acceptors (Lipinski definition) is 5. The third-order valence-corrected chi connectivity index (χ3v) is 3.08. The largest absolute Gasteiger partial charge is 0.465 e. The van der Waals surface area contributed by atoms with Crippen molar-refractivity contribution in [2.24, 2.45) is 5.73 Å². The molecular formula is C12H15N3O5. The number of H-pyrrole nitrogens is 1. The number of aromatic nitrogens is 1. The van der Waals surface area contributed by atoms with Crippen LogP contribution in [0.5, 0.6) is 0 Å². The van der Waals surface area contributed by atoms with Crippen molar-refractivity contribution in [3.05, 3.63) is 33.2 Å². The Kier molecular flexibility index (Phi) is 4.16. The summed E-state index contributed by atoms with van der Waals surface area (Å²) in [5.41, 5.74) is 6.18. The fourth-order valence-electron chi connectivity index (χ4n) is 2.07. The molecule has 0 radical (unpaired) electrons. The minimum absolute atomic E-state index is 0.113. The predicted molar refractivity (Wildman–Crippen MR) is 68.8 cm³/mol. The van der Waals surface area contributed by atoms with Gasteiger partial charge in [-0.1, -0.05) is 0 Å². The first kappa shape index (κ1) is 14.2. The van der Waals surface area contributed by atoms with E-state index >= 15 is 0 Å². The number of ether oxygens (including phenoxy) is 1. The van der Waals surface area contributed by atoms with Crippen LogP contribution in [0, 0.1) is 0 Å². The number of carbonyl (C=O) groups is 2. The van der Waals surface area contributed by atoms with E-state index in [1.165, 1.54) is 6.07 Å². The van der Waals surface area contributed by atoms with E-state index in [-0.39, 0.29) is 12.1 Å². The minimum Gasteiger partial charge on any atom is -0.465 e. The zero-order valence-corrected chi connectivity index (χ0v) is 10.6. The van der Waals surface area contributed by atoms with Crippen LogP contribution in [0.3, 0.4) is 0 Å². The molecule has 0 saturated carbocycles. The van der Waals surface area contributed by atoms with Gasteiger partial charge in [0.2, 0.25) is 0 Å². The number of nitrogens with two attached hydrogens (primary N) is 1. The summed E-state index contributed by atoms with van der Waals surface area (Å²) in [5, 5.41) is 10.6. The monoisotopic (exact) mass is 281 g/mol. The summed E-state index contributed by atoms with van der Waals surface area (Å²) in [6.45, 7) is 0.604. The first-order valence-electron chi connectivity index (χ1n) is 6.09. The summed E-state index contributed by atoms with van der Waals surface area (Å²) in [4.78, 5) is 37.3. The van der Waals surface area contributed by atoms with Gasteiger partial charge >= 0.3 is 6.09 Å².